The highest BCUT2D eigenvalue weighted by Crippen LogP contribution is 2.33. The maximum Gasteiger partial charge on any atom is 0.225 e. The van der Waals surface area contributed by atoms with Crippen molar-refractivity contribution in [2.24, 2.45) is 0 Å². The predicted molar refractivity (Wildman–Crippen MR) is 81.0 cm³/mol. The van der Waals surface area contributed by atoms with Crippen LogP contribution in [0.2, 0.25) is 0 Å². The lowest BCUT2D eigenvalue weighted by Gasteiger charge is -2.08. The molecule has 2 aromatic rings. The summed E-state index contributed by atoms with van der Waals surface area (Å²) in [5.41, 5.74) is 1.16. The van der Waals surface area contributed by atoms with Gasteiger partial charge in [0.15, 0.2) is 17.2 Å². The molecular formula is C15H19N3O4. The van der Waals surface area contributed by atoms with Crippen LogP contribution in [-0.4, -0.2) is 30.4 Å². The molecule has 1 amide bonds. The number of rotatable bonds is 7. The lowest BCUT2D eigenvalue weighted by atomic mass is 10.1. The first-order chi connectivity index (χ1) is 10.7. The van der Waals surface area contributed by atoms with Crippen molar-refractivity contribution in [3.63, 3.8) is 0 Å². The lowest BCUT2D eigenvalue weighted by molar-refractivity contribution is -0.116. The van der Waals surface area contributed by atoms with Crippen molar-refractivity contribution in [3.05, 3.63) is 18.2 Å². The van der Waals surface area contributed by atoms with E-state index < -0.39 is 0 Å². The number of hydrogen-bond acceptors (Lipinski definition) is 6. The quantitative estimate of drug-likeness (QED) is 0.846. The summed E-state index contributed by atoms with van der Waals surface area (Å²) in [6.07, 6.45) is 2.21. The highest BCUT2D eigenvalue weighted by Gasteiger charge is 2.16. The molecule has 0 saturated heterocycles. The van der Waals surface area contributed by atoms with Gasteiger partial charge >= 0.3 is 0 Å². The molecule has 0 bridgehead atoms. The number of nitrogens with one attached hydrogen (secondary N) is 1. The minimum Gasteiger partial charge on any atom is -0.493 e. The van der Waals surface area contributed by atoms with E-state index in [9.17, 15) is 4.79 Å². The van der Waals surface area contributed by atoms with Crippen LogP contribution in [-0.2, 0) is 4.79 Å². The fourth-order valence-corrected chi connectivity index (χ4v) is 1.98. The van der Waals surface area contributed by atoms with Gasteiger partial charge in [0.2, 0.25) is 11.7 Å². The van der Waals surface area contributed by atoms with Gasteiger partial charge in [0, 0.05) is 12.0 Å². The standard InChI is InChI=1S/C15H19N3O4/c1-4-5-6-13(19)16-15-14(17-22-18-15)10-7-8-11(20-2)12(9-10)21-3/h7-9H,4-6H2,1-3H3,(H,16,18,19). The van der Waals surface area contributed by atoms with Crippen LogP contribution >= 0.6 is 0 Å². The highest BCUT2D eigenvalue weighted by molar-refractivity contribution is 5.93. The van der Waals surface area contributed by atoms with Gasteiger partial charge in [0.1, 0.15) is 0 Å². The van der Waals surface area contributed by atoms with E-state index in [0.29, 0.717) is 35.0 Å². The first-order valence-corrected chi connectivity index (χ1v) is 7.04. The molecule has 0 spiro atoms. The number of aromatic nitrogens is 2. The molecule has 118 valence electrons. The molecule has 0 atom stereocenters. The molecule has 1 aromatic carbocycles. The van der Waals surface area contributed by atoms with E-state index in [4.69, 9.17) is 14.1 Å². The van der Waals surface area contributed by atoms with E-state index in [1.54, 1.807) is 32.4 Å². The van der Waals surface area contributed by atoms with Crippen LogP contribution in [0, 0.1) is 0 Å². The first kappa shape index (κ1) is 15.8. The zero-order chi connectivity index (χ0) is 15.9. The van der Waals surface area contributed by atoms with Gasteiger partial charge in [-0.15, -0.1) is 0 Å². The summed E-state index contributed by atoms with van der Waals surface area (Å²) >= 11 is 0. The molecule has 0 aliphatic heterocycles. The van der Waals surface area contributed by atoms with Gasteiger partial charge in [-0.2, -0.15) is 0 Å². The topological polar surface area (TPSA) is 86.5 Å². The Kier molecular flexibility index (Phi) is 5.35. The van der Waals surface area contributed by atoms with Gasteiger partial charge in [-0.1, -0.05) is 13.3 Å². The molecule has 2 rings (SSSR count). The summed E-state index contributed by atoms with van der Waals surface area (Å²) in [6, 6.07) is 5.30. The van der Waals surface area contributed by atoms with Crippen molar-refractivity contribution < 1.29 is 18.9 Å². The third kappa shape index (κ3) is 3.55. The van der Waals surface area contributed by atoms with Crippen LogP contribution in [0.15, 0.2) is 22.8 Å². The first-order valence-electron chi connectivity index (χ1n) is 7.04. The Hall–Kier alpha value is -2.57. The number of hydrogen-bond donors (Lipinski definition) is 1. The van der Waals surface area contributed by atoms with Crippen molar-refractivity contribution in [2.45, 2.75) is 26.2 Å². The second-order valence-corrected chi connectivity index (χ2v) is 4.68. The van der Waals surface area contributed by atoms with Crippen molar-refractivity contribution >= 4 is 11.7 Å². The summed E-state index contributed by atoms with van der Waals surface area (Å²) < 4.78 is 15.2. The van der Waals surface area contributed by atoms with Crippen LogP contribution in [0.3, 0.4) is 0 Å². The highest BCUT2D eigenvalue weighted by atomic mass is 16.6. The minimum atomic E-state index is -0.112. The molecular weight excluding hydrogens is 286 g/mol. The third-order valence-electron chi connectivity index (χ3n) is 3.16. The molecule has 1 N–H and O–H groups in total. The Bertz CT molecular complexity index is 639. The summed E-state index contributed by atoms with van der Waals surface area (Å²) in [7, 11) is 3.12. The average Bonchev–Trinajstić information content (AvgIpc) is 3.00. The average molecular weight is 305 g/mol. The zero-order valence-corrected chi connectivity index (χ0v) is 12.9. The van der Waals surface area contributed by atoms with Gasteiger partial charge in [-0.25, -0.2) is 4.63 Å². The second kappa shape index (κ2) is 7.44. The number of benzene rings is 1. The largest absolute Gasteiger partial charge is 0.493 e. The number of methoxy groups -OCH3 is 2. The zero-order valence-electron chi connectivity index (χ0n) is 12.9. The van der Waals surface area contributed by atoms with Crippen molar-refractivity contribution in [1.29, 1.82) is 0 Å². The van der Waals surface area contributed by atoms with Crippen molar-refractivity contribution in [2.75, 3.05) is 19.5 Å². The number of nitrogens with zero attached hydrogens (tertiary/aromatic N) is 2. The van der Waals surface area contributed by atoms with Crippen LogP contribution < -0.4 is 14.8 Å². The summed E-state index contributed by atoms with van der Waals surface area (Å²) in [4.78, 5) is 11.8. The predicted octanol–water partition coefficient (Wildman–Crippen LogP) is 2.88. The van der Waals surface area contributed by atoms with Gasteiger partial charge < -0.3 is 14.8 Å². The molecule has 0 radical (unpaired) electrons. The lowest BCUT2D eigenvalue weighted by Crippen LogP contribution is -2.12. The van der Waals surface area contributed by atoms with Crippen LogP contribution in [0.4, 0.5) is 5.82 Å². The van der Waals surface area contributed by atoms with Gasteiger partial charge in [0.05, 0.1) is 14.2 Å². The molecule has 7 nitrogen and oxygen atoms in total. The Labute approximate surface area is 128 Å². The molecule has 0 fully saturated rings. The third-order valence-corrected chi connectivity index (χ3v) is 3.16. The van der Waals surface area contributed by atoms with E-state index in [1.165, 1.54) is 0 Å². The normalized spacial score (nSPS) is 10.3. The van der Waals surface area contributed by atoms with E-state index in [0.717, 1.165) is 12.8 Å². The maximum atomic E-state index is 11.8. The molecule has 0 unspecified atom stereocenters. The van der Waals surface area contributed by atoms with Crippen molar-refractivity contribution in [1.82, 2.24) is 10.3 Å². The van der Waals surface area contributed by atoms with Crippen LogP contribution in [0.5, 0.6) is 11.5 Å². The smallest absolute Gasteiger partial charge is 0.225 e. The summed E-state index contributed by atoms with van der Waals surface area (Å²) in [6.45, 7) is 2.03. The molecule has 7 heteroatoms. The minimum absolute atomic E-state index is 0.112. The molecule has 0 aliphatic carbocycles. The number of amides is 1. The van der Waals surface area contributed by atoms with Crippen LogP contribution in [0.25, 0.3) is 11.3 Å². The molecule has 0 aliphatic rings. The Morgan fingerprint density at radius 1 is 1.23 bits per heavy atom. The van der Waals surface area contributed by atoms with E-state index in [-0.39, 0.29) is 5.91 Å². The molecule has 1 aromatic heterocycles. The molecule has 0 saturated carbocycles. The SMILES string of the molecule is CCCCC(=O)Nc1nonc1-c1ccc(OC)c(OC)c1. The van der Waals surface area contributed by atoms with Gasteiger partial charge in [-0.3, -0.25) is 4.79 Å². The van der Waals surface area contributed by atoms with E-state index >= 15 is 0 Å². The monoisotopic (exact) mass is 305 g/mol. The second-order valence-electron chi connectivity index (χ2n) is 4.68. The number of anilines is 1. The van der Waals surface area contributed by atoms with E-state index in [2.05, 4.69) is 15.6 Å². The fraction of sp³-hybridized carbons (Fsp3) is 0.400. The fourth-order valence-electron chi connectivity index (χ4n) is 1.98. The molecule has 22 heavy (non-hydrogen) atoms. The Morgan fingerprint density at radius 3 is 2.68 bits per heavy atom. The van der Waals surface area contributed by atoms with Gasteiger partial charge in [0.25, 0.3) is 0 Å². The Morgan fingerprint density at radius 2 is 2.00 bits per heavy atom. The van der Waals surface area contributed by atoms with E-state index in [1.807, 2.05) is 6.92 Å². The Balaban J connectivity index is 2.23. The summed E-state index contributed by atoms with van der Waals surface area (Å²) in [5.74, 6) is 1.36. The number of ether oxygens (including phenoxy) is 2. The maximum absolute atomic E-state index is 11.8. The van der Waals surface area contributed by atoms with Crippen molar-refractivity contribution in [3.8, 4) is 22.8 Å². The van der Waals surface area contributed by atoms with Crippen LogP contribution in [0.1, 0.15) is 26.2 Å². The summed E-state index contributed by atoms with van der Waals surface area (Å²) in [5, 5.41) is 10.3. The number of carbonyl (C=O) groups is 1. The molecule has 1 heterocycles. The van der Waals surface area contributed by atoms with Gasteiger partial charge in [-0.05, 0) is 34.9 Å². The number of unbranched alkanes of at least 4 members (excludes halogenated alkanes) is 1. The number of carbonyl (C=O) groups excluding carboxylic acids is 1.